The van der Waals surface area contributed by atoms with Crippen molar-refractivity contribution in [3.63, 3.8) is 0 Å². The molecule has 1 aliphatic heterocycles. The molecule has 1 saturated heterocycles. The van der Waals surface area contributed by atoms with Crippen LogP contribution in [-0.4, -0.2) is 44.5 Å². The SMILES string of the molecule is COc1ccc(S(=O)(=O)N2CCC(C)(CN)C2)cn1.Cl. The monoisotopic (exact) mass is 321 g/mol. The van der Waals surface area contributed by atoms with E-state index in [-0.39, 0.29) is 22.7 Å². The topological polar surface area (TPSA) is 85.5 Å². The molecule has 1 aromatic rings. The van der Waals surface area contributed by atoms with Gasteiger partial charge in [-0.25, -0.2) is 13.4 Å². The standard InChI is InChI=1S/C12H19N3O3S.ClH/c1-12(8-13)5-6-15(9-12)19(16,17)10-3-4-11(18-2)14-7-10;/h3-4,7H,5-6,8-9,13H2,1-2H3;1H. The van der Waals surface area contributed by atoms with Crippen molar-refractivity contribution in [1.29, 1.82) is 0 Å². The second-order valence-corrected chi connectivity index (χ2v) is 7.08. The van der Waals surface area contributed by atoms with Crippen LogP contribution in [0.1, 0.15) is 13.3 Å². The number of ether oxygens (including phenoxy) is 1. The Morgan fingerprint density at radius 1 is 1.50 bits per heavy atom. The van der Waals surface area contributed by atoms with Crippen LogP contribution >= 0.6 is 12.4 Å². The lowest BCUT2D eigenvalue weighted by molar-refractivity contribution is 0.349. The first-order valence-electron chi connectivity index (χ1n) is 6.11. The smallest absolute Gasteiger partial charge is 0.244 e. The molecule has 0 radical (unpaired) electrons. The molecule has 114 valence electrons. The highest BCUT2D eigenvalue weighted by molar-refractivity contribution is 7.89. The number of nitrogens with two attached hydrogens (primary N) is 1. The van der Waals surface area contributed by atoms with E-state index in [1.165, 1.54) is 23.7 Å². The van der Waals surface area contributed by atoms with Gasteiger partial charge in [0.15, 0.2) is 0 Å². The number of pyridine rings is 1. The minimum absolute atomic E-state index is 0. The van der Waals surface area contributed by atoms with Crippen molar-refractivity contribution in [2.75, 3.05) is 26.7 Å². The summed E-state index contributed by atoms with van der Waals surface area (Å²) in [7, 11) is -2.00. The van der Waals surface area contributed by atoms with Crippen LogP contribution in [0.3, 0.4) is 0 Å². The van der Waals surface area contributed by atoms with Crippen molar-refractivity contribution in [2.24, 2.45) is 11.1 Å². The third kappa shape index (κ3) is 3.22. The Balaban J connectivity index is 0.00000200. The lowest BCUT2D eigenvalue weighted by Gasteiger charge is -2.22. The fraction of sp³-hybridized carbons (Fsp3) is 0.583. The van der Waals surface area contributed by atoms with Crippen LogP contribution in [0.15, 0.2) is 23.2 Å². The maximum absolute atomic E-state index is 12.4. The van der Waals surface area contributed by atoms with Crippen LogP contribution in [0.25, 0.3) is 0 Å². The Morgan fingerprint density at radius 2 is 2.20 bits per heavy atom. The minimum atomic E-state index is -3.49. The zero-order valence-electron chi connectivity index (χ0n) is 11.6. The van der Waals surface area contributed by atoms with Gasteiger partial charge in [-0.1, -0.05) is 6.92 Å². The van der Waals surface area contributed by atoms with E-state index in [1.807, 2.05) is 6.92 Å². The van der Waals surface area contributed by atoms with Crippen molar-refractivity contribution in [3.8, 4) is 5.88 Å². The van der Waals surface area contributed by atoms with Gasteiger partial charge in [-0.2, -0.15) is 4.31 Å². The van der Waals surface area contributed by atoms with Crippen LogP contribution in [-0.2, 0) is 10.0 Å². The predicted molar refractivity (Wildman–Crippen MR) is 78.6 cm³/mol. The van der Waals surface area contributed by atoms with Gasteiger partial charge in [0.2, 0.25) is 15.9 Å². The summed E-state index contributed by atoms with van der Waals surface area (Å²) in [6, 6.07) is 3.06. The molecular formula is C12H20ClN3O3S. The zero-order valence-corrected chi connectivity index (χ0v) is 13.2. The molecule has 1 atom stereocenters. The summed E-state index contributed by atoms with van der Waals surface area (Å²) >= 11 is 0. The largest absolute Gasteiger partial charge is 0.481 e. The van der Waals surface area contributed by atoms with Gasteiger partial charge < -0.3 is 10.5 Å². The van der Waals surface area contributed by atoms with Gasteiger partial charge >= 0.3 is 0 Å². The Labute approximate surface area is 125 Å². The summed E-state index contributed by atoms with van der Waals surface area (Å²) < 4.78 is 31.3. The van der Waals surface area contributed by atoms with Crippen molar-refractivity contribution in [3.05, 3.63) is 18.3 Å². The van der Waals surface area contributed by atoms with Gasteiger partial charge in [-0.05, 0) is 24.4 Å². The number of nitrogens with zero attached hydrogens (tertiary/aromatic N) is 2. The fourth-order valence-electron chi connectivity index (χ4n) is 2.14. The third-order valence-electron chi connectivity index (χ3n) is 3.57. The molecule has 8 heteroatoms. The first kappa shape index (κ1) is 17.2. The Kier molecular flexibility index (Phi) is 5.37. The highest BCUT2D eigenvalue weighted by Crippen LogP contribution is 2.32. The summed E-state index contributed by atoms with van der Waals surface area (Å²) in [5.41, 5.74) is 5.57. The normalized spacial score (nSPS) is 23.4. The van der Waals surface area contributed by atoms with E-state index in [1.54, 1.807) is 6.07 Å². The molecule has 2 rings (SSSR count). The number of halogens is 1. The second kappa shape index (κ2) is 6.26. The van der Waals surface area contributed by atoms with Gasteiger partial charge in [-0.15, -0.1) is 12.4 Å². The van der Waals surface area contributed by atoms with Crippen molar-refractivity contribution in [1.82, 2.24) is 9.29 Å². The highest BCUT2D eigenvalue weighted by atomic mass is 35.5. The van der Waals surface area contributed by atoms with Gasteiger partial charge in [0.25, 0.3) is 0 Å². The molecule has 0 aromatic carbocycles. The van der Waals surface area contributed by atoms with Gasteiger partial charge in [0.1, 0.15) is 4.90 Å². The van der Waals surface area contributed by atoms with Crippen LogP contribution in [0.5, 0.6) is 5.88 Å². The zero-order chi connectivity index (χ0) is 14.1. The first-order valence-corrected chi connectivity index (χ1v) is 7.55. The lowest BCUT2D eigenvalue weighted by Crippen LogP contribution is -2.34. The highest BCUT2D eigenvalue weighted by Gasteiger charge is 2.39. The Hall–Kier alpha value is -0.890. The quantitative estimate of drug-likeness (QED) is 0.889. The first-order chi connectivity index (χ1) is 8.91. The summed E-state index contributed by atoms with van der Waals surface area (Å²) in [6.45, 7) is 3.45. The number of sulfonamides is 1. The summed E-state index contributed by atoms with van der Waals surface area (Å²) in [5, 5.41) is 0. The van der Waals surface area contributed by atoms with E-state index in [9.17, 15) is 8.42 Å². The number of methoxy groups -OCH3 is 1. The fourth-order valence-corrected chi connectivity index (χ4v) is 3.68. The van der Waals surface area contributed by atoms with E-state index in [2.05, 4.69) is 4.98 Å². The van der Waals surface area contributed by atoms with Crippen molar-refractivity contribution < 1.29 is 13.2 Å². The maximum Gasteiger partial charge on any atom is 0.244 e. The molecule has 1 aliphatic rings. The summed E-state index contributed by atoms with van der Waals surface area (Å²) in [4.78, 5) is 4.13. The van der Waals surface area contributed by atoms with E-state index in [0.29, 0.717) is 25.5 Å². The second-order valence-electron chi connectivity index (χ2n) is 5.14. The van der Waals surface area contributed by atoms with E-state index in [0.717, 1.165) is 6.42 Å². The molecule has 0 bridgehead atoms. The molecule has 0 aliphatic carbocycles. The Bertz CT molecular complexity index is 550. The van der Waals surface area contributed by atoms with Crippen LogP contribution in [0.2, 0.25) is 0 Å². The predicted octanol–water partition coefficient (Wildman–Crippen LogP) is 0.871. The molecule has 1 fully saturated rings. The van der Waals surface area contributed by atoms with Crippen LogP contribution in [0.4, 0.5) is 0 Å². The summed E-state index contributed by atoms with van der Waals surface area (Å²) in [5.74, 6) is 0.396. The van der Waals surface area contributed by atoms with Gasteiger partial charge in [-0.3, -0.25) is 0 Å². The number of hydrogen-bond donors (Lipinski definition) is 1. The minimum Gasteiger partial charge on any atom is -0.481 e. The molecule has 6 nitrogen and oxygen atoms in total. The molecule has 0 amide bonds. The van der Waals surface area contributed by atoms with Gasteiger partial charge in [0.05, 0.1) is 13.3 Å². The molecule has 2 N–H and O–H groups in total. The summed E-state index contributed by atoms with van der Waals surface area (Å²) in [6.07, 6.45) is 2.11. The average molecular weight is 322 g/mol. The Morgan fingerprint density at radius 3 is 2.65 bits per heavy atom. The lowest BCUT2D eigenvalue weighted by atomic mass is 9.90. The van der Waals surface area contributed by atoms with E-state index >= 15 is 0 Å². The number of hydrogen-bond acceptors (Lipinski definition) is 5. The molecule has 1 aromatic heterocycles. The van der Waals surface area contributed by atoms with Gasteiger partial charge in [0, 0.05) is 19.2 Å². The van der Waals surface area contributed by atoms with E-state index in [4.69, 9.17) is 10.5 Å². The average Bonchev–Trinajstić information content (AvgIpc) is 2.83. The van der Waals surface area contributed by atoms with Crippen LogP contribution in [0, 0.1) is 5.41 Å². The molecule has 0 spiro atoms. The molecule has 2 heterocycles. The van der Waals surface area contributed by atoms with Crippen molar-refractivity contribution >= 4 is 22.4 Å². The molecule has 0 saturated carbocycles. The van der Waals surface area contributed by atoms with Crippen molar-refractivity contribution in [2.45, 2.75) is 18.2 Å². The van der Waals surface area contributed by atoms with E-state index < -0.39 is 10.0 Å². The number of rotatable bonds is 4. The number of aromatic nitrogens is 1. The molecule has 1 unspecified atom stereocenters. The maximum atomic E-state index is 12.4. The van der Waals surface area contributed by atoms with Crippen LogP contribution < -0.4 is 10.5 Å². The third-order valence-corrected chi connectivity index (χ3v) is 5.40. The molecular weight excluding hydrogens is 302 g/mol. The molecule has 20 heavy (non-hydrogen) atoms.